The summed E-state index contributed by atoms with van der Waals surface area (Å²) in [5.41, 5.74) is 6.58. The number of aromatic nitrogens is 2. The molecule has 3 rings (SSSR count). The lowest BCUT2D eigenvalue weighted by atomic mass is 10.1. The van der Waals surface area contributed by atoms with Crippen LogP contribution in [0.4, 0.5) is 11.6 Å². The zero-order chi connectivity index (χ0) is 16.4. The van der Waals surface area contributed by atoms with E-state index in [-0.39, 0.29) is 11.6 Å². The maximum Gasteiger partial charge on any atom is 0.215 e. The summed E-state index contributed by atoms with van der Waals surface area (Å²) >= 11 is 0. The van der Waals surface area contributed by atoms with Gasteiger partial charge in [0.1, 0.15) is 17.3 Å². The van der Waals surface area contributed by atoms with Crippen LogP contribution in [0.15, 0.2) is 36.5 Å². The molecular formula is C17H21N5O. The van der Waals surface area contributed by atoms with E-state index in [9.17, 15) is 4.79 Å². The van der Waals surface area contributed by atoms with Crippen LogP contribution >= 0.6 is 0 Å². The fraction of sp³-hybridized carbons (Fsp3) is 0.353. The first kappa shape index (κ1) is 15.4. The Morgan fingerprint density at radius 1 is 1.30 bits per heavy atom. The molecule has 6 heteroatoms. The quantitative estimate of drug-likeness (QED) is 0.835. The van der Waals surface area contributed by atoms with E-state index < -0.39 is 0 Å². The van der Waals surface area contributed by atoms with E-state index >= 15 is 0 Å². The molecule has 23 heavy (non-hydrogen) atoms. The number of carbonyl (C=O) groups is 1. The summed E-state index contributed by atoms with van der Waals surface area (Å²) in [5, 5.41) is 3.44. The predicted molar refractivity (Wildman–Crippen MR) is 90.6 cm³/mol. The molecule has 0 unspecified atom stereocenters. The maximum atomic E-state index is 12.6. The molecule has 1 fully saturated rings. The van der Waals surface area contributed by atoms with Crippen LogP contribution in [0.5, 0.6) is 0 Å². The van der Waals surface area contributed by atoms with Gasteiger partial charge in [0.15, 0.2) is 0 Å². The van der Waals surface area contributed by atoms with E-state index in [1.165, 1.54) is 0 Å². The van der Waals surface area contributed by atoms with Gasteiger partial charge in [-0.05, 0) is 38.1 Å². The highest BCUT2D eigenvalue weighted by atomic mass is 16.1. The standard InChI is InChI=1S/C17H21N5O/c1-11-10-22(12(2)9-20-11)15-7-3-6-14(21-15)16(23)13-5-4-8-19-17(13)18/h3-8,11-12,20H,9-10H2,1-2H3,(H2,18,19)/t11-,12-/m0/s1. The lowest BCUT2D eigenvalue weighted by Crippen LogP contribution is -2.54. The number of carbonyl (C=O) groups excluding carboxylic acids is 1. The van der Waals surface area contributed by atoms with Crippen LogP contribution in [0.3, 0.4) is 0 Å². The largest absolute Gasteiger partial charge is 0.383 e. The topological polar surface area (TPSA) is 84.1 Å². The van der Waals surface area contributed by atoms with E-state index in [2.05, 4.69) is 34.0 Å². The van der Waals surface area contributed by atoms with E-state index in [0.29, 0.717) is 23.3 Å². The minimum absolute atomic E-state index is 0.201. The van der Waals surface area contributed by atoms with Crippen molar-refractivity contribution in [3.8, 4) is 0 Å². The normalized spacial score (nSPS) is 21.2. The van der Waals surface area contributed by atoms with Gasteiger partial charge in [0.05, 0.1) is 5.56 Å². The van der Waals surface area contributed by atoms with Crippen LogP contribution in [0, 0.1) is 0 Å². The zero-order valence-electron chi connectivity index (χ0n) is 13.4. The monoisotopic (exact) mass is 311 g/mol. The van der Waals surface area contributed by atoms with Gasteiger partial charge in [-0.3, -0.25) is 4.79 Å². The molecule has 0 radical (unpaired) electrons. The number of ketones is 1. The molecule has 1 saturated heterocycles. The molecule has 0 aliphatic carbocycles. The summed E-state index contributed by atoms with van der Waals surface area (Å²) in [7, 11) is 0. The van der Waals surface area contributed by atoms with Crippen molar-refractivity contribution in [2.45, 2.75) is 25.9 Å². The molecule has 1 aliphatic heterocycles. The molecule has 0 bridgehead atoms. The number of nitrogens with one attached hydrogen (secondary N) is 1. The Bertz CT molecular complexity index is 718. The van der Waals surface area contributed by atoms with Crippen molar-refractivity contribution in [3.63, 3.8) is 0 Å². The van der Waals surface area contributed by atoms with Gasteiger partial charge >= 0.3 is 0 Å². The van der Waals surface area contributed by atoms with E-state index in [1.807, 2.05) is 12.1 Å². The number of nitrogen functional groups attached to an aromatic ring is 1. The number of pyridine rings is 2. The number of hydrogen-bond donors (Lipinski definition) is 2. The summed E-state index contributed by atoms with van der Waals surface area (Å²) < 4.78 is 0. The Labute approximate surface area is 135 Å². The molecule has 2 aromatic heterocycles. The zero-order valence-corrected chi connectivity index (χ0v) is 13.4. The predicted octanol–water partition coefficient (Wildman–Crippen LogP) is 1.48. The second-order valence-corrected chi connectivity index (χ2v) is 5.96. The minimum atomic E-state index is -0.201. The summed E-state index contributed by atoms with van der Waals surface area (Å²) in [6, 6.07) is 9.62. The highest BCUT2D eigenvalue weighted by Crippen LogP contribution is 2.20. The molecule has 3 N–H and O–H groups in total. The van der Waals surface area contributed by atoms with Crippen molar-refractivity contribution in [1.82, 2.24) is 15.3 Å². The van der Waals surface area contributed by atoms with Gasteiger partial charge in [-0.25, -0.2) is 9.97 Å². The van der Waals surface area contributed by atoms with Gasteiger partial charge in [0.2, 0.25) is 5.78 Å². The van der Waals surface area contributed by atoms with Gasteiger partial charge in [-0.15, -0.1) is 0 Å². The molecule has 2 atom stereocenters. The van der Waals surface area contributed by atoms with Crippen molar-refractivity contribution in [2.75, 3.05) is 23.7 Å². The van der Waals surface area contributed by atoms with E-state index in [4.69, 9.17) is 5.73 Å². The number of piperazine rings is 1. The molecular weight excluding hydrogens is 290 g/mol. The average Bonchev–Trinajstić information content (AvgIpc) is 2.57. The Morgan fingerprint density at radius 3 is 2.91 bits per heavy atom. The molecule has 0 aromatic carbocycles. The smallest absolute Gasteiger partial charge is 0.215 e. The summed E-state index contributed by atoms with van der Waals surface area (Å²) in [4.78, 5) is 23.4. The first-order valence-corrected chi connectivity index (χ1v) is 7.78. The maximum absolute atomic E-state index is 12.6. The van der Waals surface area contributed by atoms with Crippen molar-refractivity contribution in [2.24, 2.45) is 0 Å². The SMILES string of the molecule is C[C@H]1CN(c2cccc(C(=O)c3cccnc3N)n2)[C@@H](C)CN1. The molecule has 0 amide bonds. The number of nitrogens with zero attached hydrogens (tertiary/aromatic N) is 3. The van der Waals surface area contributed by atoms with Crippen molar-refractivity contribution < 1.29 is 4.79 Å². The summed E-state index contributed by atoms with van der Waals surface area (Å²) in [6.07, 6.45) is 1.57. The average molecular weight is 311 g/mol. The first-order valence-electron chi connectivity index (χ1n) is 7.78. The lowest BCUT2D eigenvalue weighted by Gasteiger charge is -2.38. The fourth-order valence-corrected chi connectivity index (χ4v) is 2.80. The highest BCUT2D eigenvalue weighted by molar-refractivity contribution is 6.10. The third-order valence-electron chi connectivity index (χ3n) is 4.11. The van der Waals surface area contributed by atoms with Crippen molar-refractivity contribution in [1.29, 1.82) is 0 Å². The first-order chi connectivity index (χ1) is 11.1. The van der Waals surface area contributed by atoms with Crippen LogP contribution in [0.2, 0.25) is 0 Å². The van der Waals surface area contributed by atoms with Crippen molar-refractivity contribution >= 4 is 17.4 Å². The number of rotatable bonds is 3. The van der Waals surface area contributed by atoms with Gasteiger partial charge in [-0.1, -0.05) is 6.07 Å². The summed E-state index contributed by atoms with van der Waals surface area (Å²) in [5.74, 6) is 0.848. The second kappa shape index (κ2) is 6.34. The van der Waals surface area contributed by atoms with Gasteiger partial charge in [0.25, 0.3) is 0 Å². The van der Waals surface area contributed by atoms with Crippen LogP contribution in [0.1, 0.15) is 29.9 Å². The summed E-state index contributed by atoms with van der Waals surface area (Å²) in [6.45, 7) is 6.05. The molecule has 0 saturated carbocycles. The highest BCUT2D eigenvalue weighted by Gasteiger charge is 2.24. The van der Waals surface area contributed by atoms with Crippen LogP contribution in [-0.2, 0) is 0 Å². The van der Waals surface area contributed by atoms with Gasteiger partial charge < -0.3 is 16.0 Å². The van der Waals surface area contributed by atoms with Crippen LogP contribution < -0.4 is 16.0 Å². The fourth-order valence-electron chi connectivity index (χ4n) is 2.80. The molecule has 2 aromatic rings. The molecule has 3 heterocycles. The van der Waals surface area contributed by atoms with Crippen LogP contribution in [0.25, 0.3) is 0 Å². The van der Waals surface area contributed by atoms with Crippen molar-refractivity contribution in [3.05, 3.63) is 47.8 Å². The van der Waals surface area contributed by atoms with E-state index in [1.54, 1.807) is 24.4 Å². The molecule has 6 nitrogen and oxygen atoms in total. The van der Waals surface area contributed by atoms with E-state index in [0.717, 1.165) is 18.9 Å². The Kier molecular flexibility index (Phi) is 4.25. The Morgan fingerprint density at radius 2 is 2.13 bits per heavy atom. The number of hydrogen-bond acceptors (Lipinski definition) is 6. The second-order valence-electron chi connectivity index (χ2n) is 5.96. The lowest BCUT2D eigenvalue weighted by molar-refractivity contribution is 0.103. The van der Waals surface area contributed by atoms with Gasteiger partial charge in [-0.2, -0.15) is 0 Å². The minimum Gasteiger partial charge on any atom is -0.383 e. The molecule has 1 aliphatic rings. The molecule has 0 spiro atoms. The number of anilines is 2. The Balaban J connectivity index is 1.91. The molecule has 120 valence electrons. The van der Waals surface area contributed by atoms with Crippen LogP contribution in [-0.4, -0.2) is 40.9 Å². The third kappa shape index (κ3) is 3.17. The van der Waals surface area contributed by atoms with Gasteiger partial charge in [0, 0.05) is 31.4 Å². The third-order valence-corrected chi connectivity index (χ3v) is 4.11. The number of nitrogens with two attached hydrogens (primary N) is 1. The Hall–Kier alpha value is -2.47.